The Balaban J connectivity index is 1.64. The van der Waals surface area contributed by atoms with Crippen LogP contribution in [0.3, 0.4) is 0 Å². The molecule has 4 nitrogen and oxygen atoms in total. The van der Waals surface area contributed by atoms with Gasteiger partial charge in [-0.3, -0.25) is 0 Å². The van der Waals surface area contributed by atoms with E-state index in [9.17, 15) is 5.11 Å². The van der Waals surface area contributed by atoms with Gasteiger partial charge in [0.25, 0.3) is 0 Å². The van der Waals surface area contributed by atoms with E-state index in [0.717, 1.165) is 41.2 Å². The number of hydrogen-bond acceptors (Lipinski definition) is 4. The van der Waals surface area contributed by atoms with E-state index < -0.39 is 0 Å². The summed E-state index contributed by atoms with van der Waals surface area (Å²) >= 11 is 0. The molecule has 2 heterocycles. The van der Waals surface area contributed by atoms with Gasteiger partial charge in [0.1, 0.15) is 17.6 Å². The minimum absolute atomic E-state index is 0.0150. The van der Waals surface area contributed by atoms with Crippen molar-refractivity contribution in [3.63, 3.8) is 0 Å². The van der Waals surface area contributed by atoms with Gasteiger partial charge in [0, 0.05) is 6.07 Å². The Labute approximate surface area is 116 Å². The first kappa shape index (κ1) is 11.5. The van der Waals surface area contributed by atoms with Crippen molar-refractivity contribution in [1.29, 1.82) is 0 Å². The molecule has 1 N–H and O–H groups in total. The lowest BCUT2D eigenvalue weighted by atomic mass is 9.97. The number of hydrogen-bond donors (Lipinski definition) is 1. The van der Waals surface area contributed by atoms with Crippen molar-refractivity contribution in [2.45, 2.75) is 18.9 Å². The second kappa shape index (κ2) is 4.34. The molecule has 0 saturated carbocycles. The summed E-state index contributed by atoms with van der Waals surface area (Å²) in [6.07, 6.45) is 1.84. The van der Waals surface area contributed by atoms with Crippen LogP contribution < -0.4 is 14.2 Å². The molecule has 4 rings (SSSR count). The smallest absolute Gasteiger partial charge is 0.231 e. The van der Waals surface area contributed by atoms with E-state index in [0.29, 0.717) is 0 Å². The molecule has 20 heavy (non-hydrogen) atoms. The first-order chi connectivity index (χ1) is 9.79. The Bertz CT molecular complexity index is 666. The van der Waals surface area contributed by atoms with E-state index in [2.05, 4.69) is 0 Å². The molecule has 0 spiro atoms. The fraction of sp³-hybridized carbons (Fsp3) is 0.250. The Hall–Kier alpha value is -2.36. The molecule has 0 amide bonds. The van der Waals surface area contributed by atoms with Gasteiger partial charge in [0.2, 0.25) is 6.79 Å². The van der Waals surface area contributed by atoms with Crippen molar-refractivity contribution in [3.05, 3.63) is 47.5 Å². The lowest BCUT2D eigenvalue weighted by molar-refractivity contribution is 0.171. The molecule has 0 saturated heterocycles. The monoisotopic (exact) mass is 270 g/mol. The largest absolute Gasteiger partial charge is 0.508 e. The summed E-state index contributed by atoms with van der Waals surface area (Å²) in [7, 11) is 0. The van der Waals surface area contributed by atoms with Crippen molar-refractivity contribution >= 4 is 0 Å². The summed E-state index contributed by atoms with van der Waals surface area (Å²) in [5.74, 6) is 2.55. The molecular weight excluding hydrogens is 256 g/mol. The van der Waals surface area contributed by atoms with Crippen molar-refractivity contribution < 1.29 is 19.3 Å². The Morgan fingerprint density at radius 1 is 0.950 bits per heavy atom. The molecule has 102 valence electrons. The van der Waals surface area contributed by atoms with E-state index in [1.165, 1.54) is 0 Å². The van der Waals surface area contributed by atoms with Crippen molar-refractivity contribution in [2.24, 2.45) is 0 Å². The molecule has 0 bridgehead atoms. The van der Waals surface area contributed by atoms with E-state index in [-0.39, 0.29) is 18.6 Å². The topological polar surface area (TPSA) is 47.9 Å². The maximum atomic E-state index is 9.56. The first-order valence-corrected chi connectivity index (χ1v) is 6.68. The summed E-state index contributed by atoms with van der Waals surface area (Å²) in [6, 6.07) is 11.2. The number of fused-ring (bicyclic) bond motifs is 2. The zero-order valence-corrected chi connectivity index (χ0v) is 10.8. The normalized spacial score (nSPS) is 19.3. The number of phenols is 1. The quantitative estimate of drug-likeness (QED) is 0.864. The van der Waals surface area contributed by atoms with Gasteiger partial charge in [0.05, 0.1) is 0 Å². The molecule has 1 atom stereocenters. The molecule has 0 radical (unpaired) electrons. The molecule has 0 fully saturated rings. The standard InChI is InChI=1S/C16H14O4/c17-12-4-1-10-2-5-13(20-15(10)8-12)11-3-6-14-16(7-11)19-9-18-14/h1,3-4,6-8,13,17H,2,5,9H2/t13-/m1/s1. The Morgan fingerprint density at radius 3 is 2.80 bits per heavy atom. The summed E-state index contributed by atoms with van der Waals surface area (Å²) in [5.41, 5.74) is 2.21. The average Bonchev–Trinajstić information content (AvgIpc) is 2.93. The maximum Gasteiger partial charge on any atom is 0.231 e. The highest BCUT2D eigenvalue weighted by Gasteiger charge is 2.24. The minimum atomic E-state index is -0.0150. The highest BCUT2D eigenvalue weighted by Crippen LogP contribution is 2.40. The third-order valence-corrected chi connectivity index (χ3v) is 3.76. The molecule has 2 aromatic rings. The van der Waals surface area contributed by atoms with E-state index in [1.807, 2.05) is 24.3 Å². The number of phenolic OH excluding ortho intramolecular Hbond substituents is 1. The van der Waals surface area contributed by atoms with Gasteiger partial charge >= 0.3 is 0 Å². The number of ether oxygens (including phenoxy) is 3. The van der Waals surface area contributed by atoms with Crippen molar-refractivity contribution in [3.8, 4) is 23.0 Å². The van der Waals surface area contributed by atoms with Gasteiger partial charge in [-0.25, -0.2) is 0 Å². The van der Waals surface area contributed by atoms with Crippen LogP contribution in [0.2, 0.25) is 0 Å². The van der Waals surface area contributed by atoms with E-state index in [1.54, 1.807) is 12.1 Å². The maximum absolute atomic E-state index is 9.56. The molecule has 2 aliphatic rings. The molecule has 0 aromatic heterocycles. The van der Waals surface area contributed by atoms with Crippen LogP contribution in [-0.4, -0.2) is 11.9 Å². The Kier molecular flexibility index (Phi) is 2.49. The van der Waals surface area contributed by atoms with Crippen LogP contribution in [0, 0.1) is 0 Å². The van der Waals surface area contributed by atoms with Crippen LogP contribution in [0.25, 0.3) is 0 Å². The predicted molar refractivity (Wildman–Crippen MR) is 72.4 cm³/mol. The molecule has 2 aliphatic heterocycles. The van der Waals surface area contributed by atoms with E-state index >= 15 is 0 Å². The molecular formula is C16H14O4. The summed E-state index contributed by atoms with van der Waals surface area (Å²) in [5, 5.41) is 9.56. The summed E-state index contributed by atoms with van der Waals surface area (Å²) < 4.78 is 16.7. The lowest BCUT2D eigenvalue weighted by Crippen LogP contribution is -2.14. The van der Waals surface area contributed by atoms with Gasteiger partial charge in [-0.05, 0) is 42.2 Å². The van der Waals surface area contributed by atoms with Crippen LogP contribution >= 0.6 is 0 Å². The third-order valence-electron chi connectivity index (χ3n) is 3.76. The highest BCUT2D eigenvalue weighted by atomic mass is 16.7. The number of benzene rings is 2. The van der Waals surface area contributed by atoms with Crippen molar-refractivity contribution in [2.75, 3.05) is 6.79 Å². The van der Waals surface area contributed by atoms with Crippen LogP contribution in [-0.2, 0) is 6.42 Å². The second-order valence-electron chi connectivity index (χ2n) is 5.05. The average molecular weight is 270 g/mol. The number of rotatable bonds is 1. The van der Waals surface area contributed by atoms with E-state index in [4.69, 9.17) is 14.2 Å². The number of aryl methyl sites for hydroxylation is 1. The molecule has 0 aliphatic carbocycles. The molecule has 2 aromatic carbocycles. The molecule has 4 heteroatoms. The summed E-state index contributed by atoms with van der Waals surface area (Å²) in [6.45, 7) is 0.279. The van der Waals surface area contributed by atoms with Crippen LogP contribution in [0.1, 0.15) is 23.7 Å². The van der Waals surface area contributed by atoms with Gasteiger partial charge in [-0.15, -0.1) is 0 Å². The highest BCUT2D eigenvalue weighted by molar-refractivity contribution is 5.47. The fourth-order valence-electron chi connectivity index (χ4n) is 2.71. The minimum Gasteiger partial charge on any atom is -0.508 e. The predicted octanol–water partition coefficient (Wildman–Crippen LogP) is 3.19. The van der Waals surface area contributed by atoms with Gasteiger partial charge in [-0.2, -0.15) is 0 Å². The van der Waals surface area contributed by atoms with Gasteiger partial charge in [-0.1, -0.05) is 12.1 Å². The van der Waals surface area contributed by atoms with Crippen LogP contribution in [0.5, 0.6) is 23.0 Å². The van der Waals surface area contributed by atoms with Crippen LogP contribution in [0.15, 0.2) is 36.4 Å². The Morgan fingerprint density at radius 2 is 1.85 bits per heavy atom. The lowest BCUT2D eigenvalue weighted by Gasteiger charge is -2.26. The zero-order chi connectivity index (χ0) is 13.5. The second-order valence-corrected chi connectivity index (χ2v) is 5.05. The number of aromatic hydroxyl groups is 1. The zero-order valence-electron chi connectivity index (χ0n) is 10.8. The molecule has 0 unspecified atom stereocenters. The fourth-order valence-corrected chi connectivity index (χ4v) is 2.71. The van der Waals surface area contributed by atoms with Crippen LogP contribution in [0.4, 0.5) is 0 Å². The third kappa shape index (κ3) is 1.84. The van der Waals surface area contributed by atoms with Gasteiger partial charge in [0.15, 0.2) is 11.5 Å². The summed E-state index contributed by atoms with van der Waals surface area (Å²) in [4.78, 5) is 0. The SMILES string of the molecule is Oc1ccc2c(c1)O[C@@H](c1ccc3c(c1)OCO3)CC2. The first-order valence-electron chi connectivity index (χ1n) is 6.68. The van der Waals surface area contributed by atoms with Gasteiger partial charge < -0.3 is 19.3 Å². The van der Waals surface area contributed by atoms with Crippen molar-refractivity contribution in [1.82, 2.24) is 0 Å².